The van der Waals surface area contributed by atoms with E-state index >= 15 is 0 Å². The van der Waals surface area contributed by atoms with Gasteiger partial charge in [0.1, 0.15) is 44.2 Å². The number of nitrogens with zero attached hydrogens (tertiary/aromatic N) is 11. The minimum atomic E-state index is -0.841. The number of hydrogen-bond acceptors (Lipinski definition) is 14. The van der Waals surface area contributed by atoms with Crippen molar-refractivity contribution in [1.29, 1.82) is 0 Å². The standard InChI is InChI=1S/2C23H23F2N7O2S.Na/c2*1-2-34-15-5-3-14(4-6-15)32-11-17(21(31-32)20-16(24)7-8-19(25)30-20)28-22(33)18-12-35-23(29-18)13-9-26-27-10-13;/h7-12,14-15H,2-6H2,1H3,(H,26,27)(H,28,33);7-12,14-15H,2-6H2,1H3,(H2,26,27,28,29,33);/q;;+1/p-1. The van der Waals surface area contributed by atoms with Crippen molar-refractivity contribution in [2.45, 2.75) is 89.5 Å². The topological polar surface area (TPSA) is 220 Å². The molecule has 0 saturated heterocycles. The number of H-pyrrole nitrogens is 1. The molecule has 2 fully saturated rings. The third-order valence-electron chi connectivity index (χ3n) is 11.8. The van der Waals surface area contributed by atoms with E-state index in [1.807, 2.05) is 13.8 Å². The molecule has 18 nitrogen and oxygen atoms in total. The maximum atomic E-state index is 14.6. The number of halogens is 4. The summed E-state index contributed by atoms with van der Waals surface area (Å²) in [7, 11) is 0. The molecule has 71 heavy (non-hydrogen) atoms. The summed E-state index contributed by atoms with van der Waals surface area (Å²) >= 11 is 2.57. The quantitative estimate of drug-likeness (QED) is 0.0618. The first kappa shape index (κ1) is 51.3. The number of amides is 2. The fourth-order valence-electron chi connectivity index (χ4n) is 8.38. The van der Waals surface area contributed by atoms with Gasteiger partial charge in [-0.1, -0.05) is 0 Å². The van der Waals surface area contributed by atoms with Crippen molar-refractivity contribution in [1.82, 2.24) is 59.9 Å². The zero-order chi connectivity index (χ0) is 48.7. The second kappa shape index (κ2) is 23.5. The Bertz CT molecular complexity index is 2840. The molecule has 0 unspecified atom stereocenters. The minimum Gasteiger partial charge on any atom is -0.581 e. The molecule has 0 spiro atoms. The van der Waals surface area contributed by atoms with Crippen molar-refractivity contribution in [2.24, 2.45) is 0 Å². The average Bonchev–Trinajstić information content (AvgIpc) is 4.23. The van der Waals surface area contributed by atoms with E-state index in [4.69, 9.17) is 9.47 Å². The third kappa shape index (κ3) is 12.2. The van der Waals surface area contributed by atoms with Crippen LogP contribution in [0, 0.1) is 23.5 Å². The zero-order valence-electron chi connectivity index (χ0n) is 38.7. The van der Waals surface area contributed by atoms with E-state index in [-0.39, 0.29) is 99.4 Å². The molecule has 0 radical (unpaired) electrons. The van der Waals surface area contributed by atoms with Crippen molar-refractivity contribution in [2.75, 3.05) is 23.8 Å². The minimum absolute atomic E-state index is 0. The van der Waals surface area contributed by atoms with Gasteiger partial charge in [-0.15, -0.1) is 28.9 Å². The molecule has 2 amide bonds. The molecule has 0 aromatic carbocycles. The van der Waals surface area contributed by atoms with Crippen LogP contribution in [0.2, 0.25) is 0 Å². The Hall–Kier alpha value is -6.02. The normalized spacial score (nSPS) is 17.8. The smallest absolute Gasteiger partial charge is 0.581 e. The van der Waals surface area contributed by atoms with E-state index in [0.29, 0.717) is 28.8 Å². The second-order valence-electron chi connectivity index (χ2n) is 16.4. The summed E-state index contributed by atoms with van der Waals surface area (Å²) in [4.78, 5) is 42.1. The number of rotatable bonds is 14. The number of thiazole rings is 2. The molecule has 8 aromatic rings. The molecule has 8 heterocycles. The van der Waals surface area contributed by atoms with Gasteiger partial charge in [0.15, 0.2) is 11.6 Å². The first-order valence-corrected chi connectivity index (χ1v) is 24.3. The summed E-state index contributed by atoms with van der Waals surface area (Å²) in [5.74, 6) is -4.14. The van der Waals surface area contributed by atoms with E-state index in [1.54, 1.807) is 57.3 Å². The largest absolute Gasteiger partial charge is 1.00 e. The number of aromatic amines is 1. The van der Waals surface area contributed by atoms with Crippen molar-refractivity contribution < 1.29 is 66.2 Å². The van der Waals surface area contributed by atoms with Crippen LogP contribution in [-0.4, -0.2) is 92.0 Å². The van der Waals surface area contributed by atoms with Crippen LogP contribution in [0.25, 0.3) is 43.9 Å². The Labute approximate surface area is 433 Å². The van der Waals surface area contributed by atoms with Gasteiger partial charge in [-0.3, -0.25) is 24.1 Å². The van der Waals surface area contributed by atoms with Gasteiger partial charge in [0, 0.05) is 59.9 Å². The molecule has 0 atom stereocenters. The summed E-state index contributed by atoms with van der Waals surface area (Å²) in [6.45, 7) is 5.28. The second-order valence-corrected chi connectivity index (χ2v) is 18.1. The van der Waals surface area contributed by atoms with Crippen LogP contribution in [0.4, 0.5) is 28.9 Å². The van der Waals surface area contributed by atoms with Gasteiger partial charge in [-0.25, -0.2) is 28.7 Å². The Balaban J connectivity index is 0.000000188. The Kier molecular flexibility index (Phi) is 17.0. The summed E-state index contributed by atoms with van der Waals surface area (Å²) in [5, 5.41) is 33.2. The van der Waals surface area contributed by atoms with Crippen LogP contribution in [0.1, 0.15) is 98.3 Å². The number of anilines is 2. The number of ether oxygens (including phenoxy) is 2. The molecule has 8 aromatic heterocycles. The molecule has 25 heteroatoms. The van der Waals surface area contributed by atoms with Crippen molar-refractivity contribution in [3.05, 3.63) is 107 Å². The molecule has 10 rings (SSSR count). The maximum absolute atomic E-state index is 14.6. The van der Waals surface area contributed by atoms with Crippen molar-refractivity contribution >= 4 is 45.9 Å². The average molecular weight is 1020 g/mol. The van der Waals surface area contributed by atoms with Gasteiger partial charge in [0.05, 0.1) is 41.9 Å². The SMILES string of the molecule is CCOC1CCC(n2cc(NC(=O)c3csc(-c4cn[n-]c4)n3)c(-c3nc(F)ccc3F)n2)CC1.CCOC1CCC(n2cc(NC(=O)c3csc(-c4cn[nH]c4)n3)c(-c3nc(F)ccc3F)n2)CC1.[Na+]. The molecular weight excluding hydrogens is 976 g/mol. The number of hydrogen-bond donors (Lipinski definition) is 3. The number of carbonyl (C=O) groups excluding carboxylic acids is 2. The van der Waals surface area contributed by atoms with Crippen LogP contribution in [0.15, 0.2) is 72.2 Å². The summed E-state index contributed by atoms with van der Waals surface area (Å²) < 4.78 is 71.8. The summed E-state index contributed by atoms with van der Waals surface area (Å²) in [6.07, 6.45) is 16.9. The van der Waals surface area contributed by atoms with Gasteiger partial charge < -0.3 is 30.3 Å². The molecule has 2 aliphatic carbocycles. The number of aromatic nitrogens is 12. The van der Waals surface area contributed by atoms with E-state index in [0.717, 1.165) is 81.2 Å². The molecule has 2 aliphatic rings. The number of carbonyl (C=O) groups is 2. The molecule has 0 bridgehead atoms. The van der Waals surface area contributed by atoms with Gasteiger partial charge in [-0.2, -0.15) is 24.1 Å². The predicted octanol–water partition coefficient (Wildman–Crippen LogP) is 6.32. The van der Waals surface area contributed by atoms with Crippen LogP contribution in [-0.2, 0) is 9.47 Å². The number of pyridine rings is 2. The Morgan fingerprint density at radius 3 is 1.58 bits per heavy atom. The van der Waals surface area contributed by atoms with Crippen molar-refractivity contribution in [3.63, 3.8) is 0 Å². The Morgan fingerprint density at radius 1 is 0.676 bits per heavy atom. The molecular formula is C46H45F4N14NaO4S2. The summed E-state index contributed by atoms with van der Waals surface area (Å²) in [5.41, 5.74) is 1.88. The van der Waals surface area contributed by atoms with E-state index in [9.17, 15) is 27.2 Å². The number of nitrogens with one attached hydrogen (secondary N) is 3. The van der Waals surface area contributed by atoms with Crippen molar-refractivity contribution in [3.8, 4) is 43.9 Å². The predicted molar refractivity (Wildman–Crippen MR) is 251 cm³/mol. The van der Waals surface area contributed by atoms with E-state index in [1.165, 1.54) is 22.7 Å². The Morgan fingerprint density at radius 2 is 1.15 bits per heavy atom. The van der Waals surface area contributed by atoms with Crippen LogP contribution in [0.3, 0.4) is 0 Å². The van der Waals surface area contributed by atoms with Crippen LogP contribution >= 0.6 is 22.7 Å². The first-order chi connectivity index (χ1) is 34.0. The maximum Gasteiger partial charge on any atom is 1.00 e. The van der Waals surface area contributed by atoms with Crippen LogP contribution < -0.4 is 45.3 Å². The fourth-order valence-corrected chi connectivity index (χ4v) is 9.94. The molecule has 3 N–H and O–H groups in total. The van der Waals surface area contributed by atoms with Crippen LogP contribution in [0.5, 0.6) is 0 Å². The first-order valence-electron chi connectivity index (χ1n) is 22.6. The van der Waals surface area contributed by atoms with Gasteiger partial charge in [-0.05, 0) is 89.5 Å². The fraction of sp³-hybridized carbons (Fsp3) is 0.348. The molecule has 0 aliphatic heterocycles. The van der Waals surface area contributed by atoms with Gasteiger partial charge in [0.2, 0.25) is 11.9 Å². The zero-order valence-corrected chi connectivity index (χ0v) is 42.3. The molecule has 364 valence electrons. The van der Waals surface area contributed by atoms with Gasteiger partial charge >= 0.3 is 29.6 Å². The third-order valence-corrected chi connectivity index (χ3v) is 13.6. The van der Waals surface area contributed by atoms with Gasteiger partial charge in [0.25, 0.3) is 11.8 Å². The van der Waals surface area contributed by atoms with E-state index < -0.39 is 35.3 Å². The monoisotopic (exact) mass is 1020 g/mol. The van der Waals surface area contributed by atoms with E-state index in [2.05, 4.69) is 61.2 Å². The molecule has 2 saturated carbocycles. The summed E-state index contributed by atoms with van der Waals surface area (Å²) in [6, 6.07) is 3.94.